The van der Waals surface area contributed by atoms with Gasteiger partial charge in [0.15, 0.2) is 0 Å². The van der Waals surface area contributed by atoms with Crippen LogP contribution >= 0.6 is 0 Å². The van der Waals surface area contributed by atoms with Gasteiger partial charge in [-0.05, 0) is 38.0 Å². The van der Waals surface area contributed by atoms with E-state index in [1.165, 1.54) is 0 Å². The minimum absolute atomic E-state index is 0.0135. The summed E-state index contributed by atoms with van der Waals surface area (Å²) in [5.74, 6) is 0.796. The zero-order valence-electron chi connectivity index (χ0n) is 12.0. The van der Waals surface area contributed by atoms with Gasteiger partial charge in [0.1, 0.15) is 5.75 Å². The zero-order chi connectivity index (χ0) is 14.5. The van der Waals surface area contributed by atoms with Gasteiger partial charge in [0.25, 0.3) is 0 Å². The van der Waals surface area contributed by atoms with E-state index in [-0.39, 0.29) is 5.91 Å². The highest BCUT2D eigenvalue weighted by atomic mass is 16.5. The van der Waals surface area contributed by atoms with Crippen LogP contribution in [0.4, 0.5) is 5.69 Å². The number of aryl methyl sites for hydroxylation is 3. The Balaban J connectivity index is 1.92. The summed E-state index contributed by atoms with van der Waals surface area (Å²) in [5.41, 5.74) is 3.54. The standard InChI is InChI=1S/C15H19N3O2/c1-10-15(11(2)18-17-10)16-14(19)8-7-12-5-4-6-13(9-12)20-3/h4-6,9H,7-8H2,1-3H3,(H,16,19)(H,17,18). The summed E-state index contributed by atoms with van der Waals surface area (Å²) < 4.78 is 5.17. The first-order chi connectivity index (χ1) is 9.60. The average Bonchev–Trinajstić information content (AvgIpc) is 2.77. The number of methoxy groups -OCH3 is 1. The first kappa shape index (κ1) is 14.1. The maximum atomic E-state index is 12.0. The largest absolute Gasteiger partial charge is 0.497 e. The van der Waals surface area contributed by atoms with Crippen LogP contribution in [-0.4, -0.2) is 23.2 Å². The molecule has 2 rings (SSSR count). The number of amides is 1. The number of hydrogen-bond donors (Lipinski definition) is 2. The molecule has 20 heavy (non-hydrogen) atoms. The Morgan fingerprint density at radius 3 is 2.85 bits per heavy atom. The summed E-state index contributed by atoms with van der Waals surface area (Å²) in [6, 6.07) is 7.75. The summed E-state index contributed by atoms with van der Waals surface area (Å²) in [5, 5.41) is 9.80. The molecule has 1 aromatic carbocycles. The van der Waals surface area contributed by atoms with Gasteiger partial charge in [0.2, 0.25) is 5.91 Å². The molecule has 0 spiro atoms. The van der Waals surface area contributed by atoms with E-state index in [1.54, 1.807) is 7.11 Å². The third-order valence-electron chi connectivity index (χ3n) is 3.17. The van der Waals surface area contributed by atoms with Crippen molar-refractivity contribution in [3.63, 3.8) is 0 Å². The molecule has 0 saturated heterocycles. The van der Waals surface area contributed by atoms with Crippen molar-refractivity contribution >= 4 is 11.6 Å². The van der Waals surface area contributed by atoms with Gasteiger partial charge in [-0.1, -0.05) is 12.1 Å². The maximum Gasteiger partial charge on any atom is 0.224 e. The van der Waals surface area contributed by atoms with E-state index in [0.29, 0.717) is 12.8 Å². The normalized spacial score (nSPS) is 10.3. The van der Waals surface area contributed by atoms with Crippen molar-refractivity contribution in [2.45, 2.75) is 26.7 Å². The number of benzene rings is 1. The van der Waals surface area contributed by atoms with Gasteiger partial charge in [-0.2, -0.15) is 5.10 Å². The SMILES string of the molecule is COc1cccc(CCC(=O)Nc2c(C)n[nH]c2C)c1. The molecule has 0 bridgehead atoms. The summed E-state index contributed by atoms with van der Waals surface area (Å²) in [7, 11) is 1.64. The van der Waals surface area contributed by atoms with Gasteiger partial charge in [0.05, 0.1) is 24.2 Å². The molecule has 2 aromatic rings. The number of aromatic nitrogens is 2. The molecule has 0 radical (unpaired) electrons. The summed E-state index contributed by atoms with van der Waals surface area (Å²) in [6.07, 6.45) is 1.11. The van der Waals surface area contributed by atoms with Crippen molar-refractivity contribution in [2.75, 3.05) is 12.4 Å². The highest BCUT2D eigenvalue weighted by Gasteiger charge is 2.10. The lowest BCUT2D eigenvalue weighted by Crippen LogP contribution is -2.13. The monoisotopic (exact) mass is 273 g/mol. The molecule has 5 nitrogen and oxygen atoms in total. The molecular formula is C15H19N3O2. The molecule has 2 N–H and O–H groups in total. The maximum absolute atomic E-state index is 12.0. The average molecular weight is 273 g/mol. The van der Waals surface area contributed by atoms with Gasteiger partial charge in [-0.3, -0.25) is 9.89 Å². The van der Waals surface area contributed by atoms with Crippen molar-refractivity contribution in [2.24, 2.45) is 0 Å². The molecule has 1 amide bonds. The fourth-order valence-corrected chi connectivity index (χ4v) is 2.02. The Hall–Kier alpha value is -2.30. The van der Waals surface area contributed by atoms with Crippen molar-refractivity contribution in [1.29, 1.82) is 0 Å². The fourth-order valence-electron chi connectivity index (χ4n) is 2.02. The van der Waals surface area contributed by atoms with E-state index in [0.717, 1.165) is 28.4 Å². The van der Waals surface area contributed by atoms with Crippen LogP contribution in [-0.2, 0) is 11.2 Å². The number of carbonyl (C=O) groups excluding carboxylic acids is 1. The number of ether oxygens (including phenoxy) is 1. The van der Waals surface area contributed by atoms with E-state index in [9.17, 15) is 4.79 Å². The van der Waals surface area contributed by atoms with Gasteiger partial charge in [0, 0.05) is 6.42 Å². The first-order valence-corrected chi connectivity index (χ1v) is 6.54. The van der Waals surface area contributed by atoms with E-state index < -0.39 is 0 Å². The summed E-state index contributed by atoms with van der Waals surface area (Å²) >= 11 is 0. The minimum atomic E-state index is -0.0135. The quantitative estimate of drug-likeness (QED) is 0.880. The topological polar surface area (TPSA) is 67.0 Å². The Morgan fingerprint density at radius 2 is 2.20 bits per heavy atom. The van der Waals surface area contributed by atoms with E-state index in [1.807, 2.05) is 38.1 Å². The smallest absolute Gasteiger partial charge is 0.224 e. The van der Waals surface area contributed by atoms with Gasteiger partial charge >= 0.3 is 0 Å². The third kappa shape index (κ3) is 3.38. The Morgan fingerprint density at radius 1 is 1.40 bits per heavy atom. The molecule has 0 fully saturated rings. The van der Waals surface area contributed by atoms with Crippen LogP contribution in [0.2, 0.25) is 0 Å². The highest BCUT2D eigenvalue weighted by molar-refractivity contribution is 5.91. The number of nitrogens with one attached hydrogen (secondary N) is 2. The van der Waals surface area contributed by atoms with Gasteiger partial charge < -0.3 is 10.1 Å². The molecule has 0 aliphatic carbocycles. The zero-order valence-corrected chi connectivity index (χ0v) is 12.0. The molecule has 1 heterocycles. The van der Waals surface area contributed by atoms with Crippen molar-refractivity contribution < 1.29 is 9.53 Å². The molecular weight excluding hydrogens is 254 g/mol. The van der Waals surface area contributed by atoms with Crippen molar-refractivity contribution in [1.82, 2.24) is 10.2 Å². The second kappa shape index (κ2) is 6.23. The van der Waals surface area contributed by atoms with Crippen LogP contribution < -0.4 is 10.1 Å². The van der Waals surface area contributed by atoms with Crippen molar-refractivity contribution in [3.8, 4) is 5.75 Å². The fraction of sp³-hybridized carbons (Fsp3) is 0.333. The molecule has 106 valence electrons. The lowest BCUT2D eigenvalue weighted by molar-refractivity contribution is -0.116. The Bertz CT molecular complexity index is 585. The number of rotatable bonds is 5. The molecule has 1 aromatic heterocycles. The lowest BCUT2D eigenvalue weighted by Gasteiger charge is -2.06. The van der Waals surface area contributed by atoms with Gasteiger partial charge in [-0.15, -0.1) is 0 Å². The summed E-state index contributed by atoms with van der Waals surface area (Å²) in [6.45, 7) is 3.75. The molecule has 0 unspecified atom stereocenters. The van der Waals surface area contributed by atoms with Crippen LogP contribution in [0, 0.1) is 13.8 Å². The number of aromatic amines is 1. The molecule has 0 aliphatic heterocycles. The number of hydrogen-bond acceptors (Lipinski definition) is 3. The highest BCUT2D eigenvalue weighted by Crippen LogP contribution is 2.17. The van der Waals surface area contributed by atoms with Crippen molar-refractivity contribution in [3.05, 3.63) is 41.2 Å². The Labute approximate surface area is 118 Å². The van der Waals surface area contributed by atoms with Gasteiger partial charge in [-0.25, -0.2) is 0 Å². The summed E-state index contributed by atoms with van der Waals surface area (Å²) in [4.78, 5) is 12.0. The molecule has 0 atom stereocenters. The predicted octanol–water partition coefficient (Wildman–Crippen LogP) is 2.61. The van der Waals surface area contributed by atoms with Crippen LogP contribution in [0.25, 0.3) is 0 Å². The van der Waals surface area contributed by atoms with E-state index in [4.69, 9.17) is 4.74 Å². The number of H-pyrrole nitrogens is 1. The number of nitrogens with zero attached hydrogens (tertiary/aromatic N) is 1. The molecule has 0 aliphatic rings. The predicted molar refractivity (Wildman–Crippen MR) is 78.0 cm³/mol. The van der Waals surface area contributed by atoms with Crippen LogP contribution in [0.1, 0.15) is 23.4 Å². The first-order valence-electron chi connectivity index (χ1n) is 6.54. The number of anilines is 1. The second-order valence-corrected chi connectivity index (χ2v) is 4.71. The molecule has 5 heteroatoms. The molecule has 0 saturated carbocycles. The van der Waals surface area contributed by atoms with Crippen LogP contribution in [0.3, 0.4) is 0 Å². The lowest BCUT2D eigenvalue weighted by atomic mass is 10.1. The minimum Gasteiger partial charge on any atom is -0.497 e. The Kier molecular flexibility index (Phi) is 4.40. The van der Waals surface area contributed by atoms with Crippen LogP contribution in [0.5, 0.6) is 5.75 Å². The third-order valence-corrected chi connectivity index (χ3v) is 3.17. The number of carbonyl (C=O) groups is 1. The van der Waals surface area contributed by atoms with E-state index >= 15 is 0 Å². The second-order valence-electron chi connectivity index (χ2n) is 4.71. The van der Waals surface area contributed by atoms with E-state index in [2.05, 4.69) is 15.5 Å². The van der Waals surface area contributed by atoms with Crippen LogP contribution in [0.15, 0.2) is 24.3 Å².